The number of hydrogen-bond donors (Lipinski definition) is 0. The average Bonchev–Trinajstić information content (AvgIpc) is 3.10. The minimum atomic E-state index is 0.833. The van der Waals surface area contributed by atoms with E-state index in [1.54, 1.807) is 16.0 Å². The SMILES string of the molecule is Cc1ccc2sc(C3=C(CN(C)C)C4CCC3C4)cc2c1. The Morgan fingerprint density at radius 1 is 1.14 bits per heavy atom. The first-order valence-electron chi connectivity index (χ1n) is 8.00. The van der Waals surface area contributed by atoms with Crippen LogP contribution < -0.4 is 0 Å². The van der Waals surface area contributed by atoms with E-state index < -0.39 is 0 Å². The molecule has 2 aromatic rings. The number of aryl methyl sites for hydroxylation is 1. The summed E-state index contributed by atoms with van der Waals surface area (Å²) in [5.41, 5.74) is 4.81. The molecular formula is C19H23NS. The van der Waals surface area contributed by atoms with Crippen molar-refractivity contribution in [1.82, 2.24) is 4.90 Å². The molecule has 1 heterocycles. The van der Waals surface area contributed by atoms with Crippen LogP contribution in [0.2, 0.25) is 0 Å². The summed E-state index contributed by atoms with van der Waals surface area (Å²) in [7, 11) is 4.40. The van der Waals surface area contributed by atoms with E-state index in [1.807, 2.05) is 11.3 Å². The van der Waals surface area contributed by atoms with Gasteiger partial charge in [0, 0.05) is 16.1 Å². The molecule has 0 spiro atoms. The second-order valence-corrected chi connectivity index (χ2v) is 8.12. The molecule has 1 aromatic heterocycles. The number of hydrogen-bond acceptors (Lipinski definition) is 2. The second kappa shape index (κ2) is 4.96. The smallest absolute Gasteiger partial charge is 0.0349 e. The third-order valence-corrected chi connectivity index (χ3v) is 6.25. The normalized spacial score (nSPS) is 24.8. The molecule has 0 N–H and O–H groups in total. The highest BCUT2D eigenvalue weighted by atomic mass is 32.1. The van der Waals surface area contributed by atoms with Gasteiger partial charge < -0.3 is 4.90 Å². The lowest BCUT2D eigenvalue weighted by Gasteiger charge is -2.22. The summed E-state index contributed by atoms with van der Waals surface area (Å²) in [6, 6.07) is 9.30. The maximum absolute atomic E-state index is 2.44. The largest absolute Gasteiger partial charge is 0.305 e. The van der Waals surface area contributed by atoms with Crippen molar-refractivity contribution in [3.05, 3.63) is 40.3 Å². The summed E-state index contributed by atoms with van der Waals surface area (Å²) < 4.78 is 1.44. The molecule has 110 valence electrons. The molecule has 2 bridgehead atoms. The number of benzene rings is 1. The molecule has 4 rings (SSSR count). The Morgan fingerprint density at radius 3 is 2.76 bits per heavy atom. The summed E-state index contributed by atoms with van der Waals surface area (Å²) in [5, 5.41) is 1.43. The van der Waals surface area contributed by atoms with E-state index in [0.717, 1.165) is 18.4 Å². The molecule has 0 aliphatic heterocycles. The van der Waals surface area contributed by atoms with Crippen LogP contribution in [0.4, 0.5) is 0 Å². The molecule has 1 saturated carbocycles. The van der Waals surface area contributed by atoms with Crippen LogP contribution in [0, 0.1) is 18.8 Å². The van der Waals surface area contributed by atoms with Gasteiger partial charge >= 0.3 is 0 Å². The van der Waals surface area contributed by atoms with E-state index in [1.165, 1.54) is 34.9 Å². The highest BCUT2D eigenvalue weighted by Crippen LogP contribution is 2.54. The Labute approximate surface area is 131 Å². The van der Waals surface area contributed by atoms with E-state index in [9.17, 15) is 0 Å². The number of thiophene rings is 1. The third kappa shape index (κ3) is 2.25. The van der Waals surface area contributed by atoms with Gasteiger partial charge in [0.15, 0.2) is 0 Å². The van der Waals surface area contributed by atoms with Gasteiger partial charge in [0.05, 0.1) is 0 Å². The number of rotatable bonds is 3. The lowest BCUT2D eigenvalue weighted by atomic mass is 9.90. The zero-order valence-corrected chi connectivity index (χ0v) is 14.0. The number of likely N-dealkylation sites (N-methyl/N-ethyl adjacent to an activating group) is 1. The molecule has 1 fully saturated rings. The summed E-state index contributed by atoms with van der Waals surface area (Å²) >= 11 is 2.00. The maximum atomic E-state index is 2.44. The van der Waals surface area contributed by atoms with Gasteiger partial charge in [-0.3, -0.25) is 0 Å². The van der Waals surface area contributed by atoms with E-state index in [-0.39, 0.29) is 0 Å². The summed E-state index contributed by atoms with van der Waals surface area (Å²) in [5.74, 6) is 1.69. The predicted octanol–water partition coefficient (Wildman–Crippen LogP) is 4.95. The first-order valence-corrected chi connectivity index (χ1v) is 8.81. The van der Waals surface area contributed by atoms with Crippen molar-refractivity contribution in [3.8, 4) is 0 Å². The van der Waals surface area contributed by atoms with Gasteiger partial charge in [0.1, 0.15) is 0 Å². The highest BCUT2D eigenvalue weighted by molar-refractivity contribution is 7.20. The molecule has 2 unspecified atom stereocenters. The fraction of sp³-hybridized carbons (Fsp3) is 0.474. The minimum absolute atomic E-state index is 0.833. The first kappa shape index (κ1) is 13.5. The fourth-order valence-electron chi connectivity index (χ4n) is 4.25. The molecule has 0 amide bonds. The van der Waals surface area contributed by atoms with Crippen molar-refractivity contribution in [1.29, 1.82) is 0 Å². The van der Waals surface area contributed by atoms with Crippen LogP contribution in [0.1, 0.15) is 29.7 Å². The van der Waals surface area contributed by atoms with Crippen molar-refractivity contribution in [2.75, 3.05) is 20.6 Å². The molecular weight excluding hydrogens is 274 g/mol. The standard InChI is InChI=1S/C19H23NS/c1-12-4-7-17-15(8-12)10-18(21-17)19-14-6-5-13(9-14)16(19)11-20(2)3/h4,7-8,10,13-14H,5-6,9,11H2,1-3H3. The first-order chi connectivity index (χ1) is 10.1. The van der Waals surface area contributed by atoms with Gasteiger partial charge in [-0.15, -0.1) is 11.3 Å². The van der Waals surface area contributed by atoms with Crippen molar-refractivity contribution in [3.63, 3.8) is 0 Å². The lowest BCUT2D eigenvalue weighted by Crippen LogP contribution is -2.19. The van der Waals surface area contributed by atoms with Crippen LogP contribution in [0.15, 0.2) is 29.8 Å². The van der Waals surface area contributed by atoms with Crippen molar-refractivity contribution in [2.24, 2.45) is 11.8 Å². The number of allylic oxidation sites excluding steroid dienone is 1. The second-order valence-electron chi connectivity index (χ2n) is 7.04. The van der Waals surface area contributed by atoms with Gasteiger partial charge in [-0.05, 0) is 80.8 Å². The Kier molecular flexibility index (Phi) is 3.20. The van der Waals surface area contributed by atoms with Crippen LogP contribution in [0.5, 0.6) is 0 Å². The molecule has 2 aliphatic rings. The predicted molar refractivity (Wildman–Crippen MR) is 92.9 cm³/mol. The quantitative estimate of drug-likeness (QED) is 0.774. The van der Waals surface area contributed by atoms with Crippen LogP contribution in [0.3, 0.4) is 0 Å². The molecule has 0 saturated heterocycles. The monoisotopic (exact) mass is 297 g/mol. The van der Waals surface area contributed by atoms with E-state index >= 15 is 0 Å². The topological polar surface area (TPSA) is 3.24 Å². The van der Waals surface area contributed by atoms with E-state index in [4.69, 9.17) is 0 Å². The van der Waals surface area contributed by atoms with Crippen LogP contribution >= 0.6 is 11.3 Å². The molecule has 1 nitrogen and oxygen atoms in total. The van der Waals surface area contributed by atoms with Crippen LogP contribution in [-0.2, 0) is 0 Å². The van der Waals surface area contributed by atoms with Gasteiger partial charge in [0.25, 0.3) is 0 Å². The maximum Gasteiger partial charge on any atom is 0.0349 e. The molecule has 0 radical (unpaired) electrons. The lowest BCUT2D eigenvalue weighted by molar-refractivity contribution is 0.423. The Morgan fingerprint density at radius 2 is 1.95 bits per heavy atom. The highest BCUT2D eigenvalue weighted by Gasteiger charge is 2.39. The number of nitrogens with zero attached hydrogens (tertiary/aromatic N) is 1. The summed E-state index contributed by atoms with van der Waals surface area (Å²) in [6.45, 7) is 3.33. The van der Waals surface area contributed by atoms with Gasteiger partial charge in [0.2, 0.25) is 0 Å². The van der Waals surface area contributed by atoms with Gasteiger partial charge in [-0.25, -0.2) is 0 Å². The third-order valence-electron chi connectivity index (χ3n) is 5.10. The Hall–Kier alpha value is -1.12. The van der Waals surface area contributed by atoms with Gasteiger partial charge in [-0.1, -0.05) is 17.7 Å². The van der Waals surface area contributed by atoms with E-state index in [2.05, 4.69) is 50.2 Å². The summed E-state index contributed by atoms with van der Waals surface area (Å²) in [6.07, 6.45) is 4.23. The zero-order valence-electron chi connectivity index (χ0n) is 13.1. The average molecular weight is 297 g/mol. The fourth-order valence-corrected chi connectivity index (χ4v) is 5.45. The Balaban J connectivity index is 1.83. The molecule has 1 aromatic carbocycles. The van der Waals surface area contributed by atoms with Crippen LogP contribution in [0.25, 0.3) is 15.7 Å². The zero-order chi connectivity index (χ0) is 14.6. The minimum Gasteiger partial charge on any atom is -0.305 e. The van der Waals surface area contributed by atoms with Crippen LogP contribution in [-0.4, -0.2) is 25.5 Å². The van der Waals surface area contributed by atoms with Crippen molar-refractivity contribution in [2.45, 2.75) is 26.2 Å². The van der Waals surface area contributed by atoms with Crippen molar-refractivity contribution < 1.29 is 0 Å². The molecule has 2 aliphatic carbocycles. The Bertz CT molecular complexity index is 722. The molecule has 2 heteroatoms. The summed E-state index contributed by atoms with van der Waals surface area (Å²) in [4.78, 5) is 3.88. The van der Waals surface area contributed by atoms with Gasteiger partial charge in [-0.2, -0.15) is 0 Å². The number of fused-ring (bicyclic) bond motifs is 3. The molecule has 21 heavy (non-hydrogen) atoms. The van der Waals surface area contributed by atoms with E-state index in [0.29, 0.717) is 0 Å². The van der Waals surface area contributed by atoms with Crippen molar-refractivity contribution >= 4 is 27.0 Å². The molecule has 2 atom stereocenters.